The lowest BCUT2D eigenvalue weighted by Crippen LogP contribution is -2.37. The van der Waals surface area contributed by atoms with E-state index >= 15 is 0 Å². The van der Waals surface area contributed by atoms with Gasteiger partial charge in [0.2, 0.25) is 0 Å². The molecule has 1 aliphatic heterocycles. The maximum absolute atomic E-state index is 12.4. The average Bonchev–Trinajstić information content (AvgIpc) is 3.07. The van der Waals surface area contributed by atoms with E-state index < -0.39 is 29.6 Å². The molecule has 1 fully saturated rings. The summed E-state index contributed by atoms with van der Waals surface area (Å²) in [5, 5.41) is 10.1. The Labute approximate surface area is 166 Å². The third-order valence-corrected chi connectivity index (χ3v) is 5.36. The van der Waals surface area contributed by atoms with Crippen molar-refractivity contribution in [1.82, 2.24) is 0 Å². The van der Waals surface area contributed by atoms with E-state index in [9.17, 15) is 14.7 Å². The summed E-state index contributed by atoms with van der Waals surface area (Å²) in [5.74, 6) is 0.380. The molecule has 1 heterocycles. The fourth-order valence-corrected chi connectivity index (χ4v) is 3.72. The number of thioether (sulfide) groups is 1. The fourth-order valence-electron chi connectivity index (χ4n) is 2.65. The van der Waals surface area contributed by atoms with Crippen LogP contribution in [0.1, 0.15) is 20.7 Å². The van der Waals surface area contributed by atoms with Gasteiger partial charge in [0.1, 0.15) is 16.9 Å². The number of hydrogen-bond donors (Lipinski definition) is 1. The predicted molar refractivity (Wildman–Crippen MR) is 103 cm³/mol. The number of methoxy groups -OCH3 is 2. The summed E-state index contributed by atoms with van der Waals surface area (Å²) in [6, 6.07) is 12.9. The first-order valence-corrected chi connectivity index (χ1v) is 9.56. The second-order valence-electron chi connectivity index (χ2n) is 5.99. The van der Waals surface area contributed by atoms with E-state index in [1.807, 2.05) is 0 Å². The average molecular weight is 404 g/mol. The lowest BCUT2D eigenvalue weighted by Gasteiger charge is -2.21. The number of benzene rings is 2. The molecule has 148 valence electrons. The molecule has 0 spiro atoms. The Bertz CT molecular complexity index is 819. The number of rotatable bonds is 6. The van der Waals surface area contributed by atoms with E-state index in [1.165, 1.54) is 14.2 Å². The van der Waals surface area contributed by atoms with Crippen molar-refractivity contribution in [2.75, 3.05) is 20.0 Å². The number of carbonyl (C=O) groups excluding carboxylic acids is 2. The molecule has 0 aliphatic carbocycles. The van der Waals surface area contributed by atoms with Crippen LogP contribution in [0.15, 0.2) is 48.5 Å². The first-order chi connectivity index (χ1) is 13.5. The normalized spacial score (nSPS) is 21.0. The highest BCUT2D eigenvalue weighted by Crippen LogP contribution is 2.31. The Hall–Kier alpha value is -2.71. The summed E-state index contributed by atoms with van der Waals surface area (Å²) in [7, 11) is 3.06. The van der Waals surface area contributed by atoms with E-state index in [2.05, 4.69) is 0 Å². The molecule has 3 atom stereocenters. The van der Waals surface area contributed by atoms with E-state index in [0.29, 0.717) is 28.4 Å². The SMILES string of the molecule is COc1ccc(C(=O)O[C@@H]2CSC(O)[C@@H]2OC(=O)c2ccc(OC)cc2)cc1. The minimum atomic E-state index is -0.976. The van der Waals surface area contributed by atoms with Crippen molar-refractivity contribution >= 4 is 23.7 Å². The van der Waals surface area contributed by atoms with Gasteiger partial charge in [0, 0.05) is 5.75 Å². The largest absolute Gasteiger partial charge is 0.497 e. The Morgan fingerprint density at radius 3 is 1.79 bits per heavy atom. The van der Waals surface area contributed by atoms with Gasteiger partial charge in [0.15, 0.2) is 12.2 Å². The molecule has 1 aliphatic rings. The molecule has 2 aromatic carbocycles. The summed E-state index contributed by atoms with van der Waals surface area (Å²) in [6.07, 6.45) is -1.71. The van der Waals surface area contributed by atoms with Gasteiger partial charge in [-0.1, -0.05) is 0 Å². The minimum absolute atomic E-state index is 0.310. The van der Waals surface area contributed by atoms with Crippen LogP contribution in [0.4, 0.5) is 0 Å². The summed E-state index contributed by atoms with van der Waals surface area (Å²) in [5.41, 5.74) is -0.326. The van der Waals surface area contributed by atoms with Gasteiger partial charge in [-0.3, -0.25) is 0 Å². The van der Waals surface area contributed by atoms with E-state index in [0.717, 1.165) is 11.8 Å². The molecule has 2 aromatic rings. The van der Waals surface area contributed by atoms with Crippen LogP contribution < -0.4 is 9.47 Å². The van der Waals surface area contributed by atoms with E-state index in [1.54, 1.807) is 48.5 Å². The van der Waals surface area contributed by atoms with Gasteiger partial charge in [0.25, 0.3) is 0 Å². The second-order valence-corrected chi connectivity index (χ2v) is 7.14. The zero-order valence-electron chi connectivity index (χ0n) is 15.4. The molecule has 1 N–H and O–H groups in total. The molecule has 1 saturated heterocycles. The third-order valence-electron chi connectivity index (χ3n) is 4.23. The van der Waals surface area contributed by atoms with Crippen molar-refractivity contribution in [1.29, 1.82) is 0 Å². The fraction of sp³-hybridized carbons (Fsp3) is 0.300. The number of esters is 2. The standard InChI is InChI=1S/C20H20O7S/c1-24-14-7-3-12(4-8-14)18(21)26-16-11-28-20(23)17(16)27-19(22)13-5-9-15(25-2)10-6-13/h3-10,16-17,20,23H,11H2,1-2H3/t16-,17-,20?/m1/s1. The monoisotopic (exact) mass is 404 g/mol. The van der Waals surface area contributed by atoms with E-state index in [4.69, 9.17) is 18.9 Å². The first kappa shape index (κ1) is 20.0. The molecule has 7 nitrogen and oxygen atoms in total. The number of carbonyl (C=O) groups is 2. The Morgan fingerprint density at radius 2 is 1.32 bits per heavy atom. The first-order valence-electron chi connectivity index (χ1n) is 8.51. The zero-order chi connectivity index (χ0) is 20.1. The van der Waals surface area contributed by atoms with Crippen molar-refractivity contribution in [2.24, 2.45) is 0 Å². The Morgan fingerprint density at radius 1 is 0.857 bits per heavy atom. The Kier molecular flexibility index (Phi) is 6.43. The molecular weight excluding hydrogens is 384 g/mol. The molecular formula is C20H20O7S. The van der Waals surface area contributed by atoms with Gasteiger partial charge in [0.05, 0.1) is 25.3 Å². The summed E-state index contributed by atoms with van der Waals surface area (Å²) in [4.78, 5) is 24.8. The molecule has 28 heavy (non-hydrogen) atoms. The number of ether oxygens (including phenoxy) is 4. The highest BCUT2D eigenvalue weighted by atomic mass is 32.2. The second kappa shape index (κ2) is 8.99. The summed E-state index contributed by atoms with van der Waals surface area (Å²) >= 11 is 1.16. The van der Waals surface area contributed by atoms with Crippen LogP contribution in [0.2, 0.25) is 0 Å². The maximum atomic E-state index is 12.4. The van der Waals surface area contributed by atoms with Crippen molar-refractivity contribution in [2.45, 2.75) is 17.6 Å². The zero-order valence-corrected chi connectivity index (χ0v) is 16.2. The van der Waals surface area contributed by atoms with Crippen LogP contribution >= 0.6 is 11.8 Å². The molecule has 0 radical (unpaired) electrons. The van der Waals surface area contributed by atoms with Crippen LogP contribution in [-0.4, -0.2) is 54.7 Å². The molecule has 8 heteroatoms. The molecule has 3 rings (SSSR count). The Balaban J connectivity index is 1.65. The highest BCUT2D eigenvalue weighted by molar-refractivity contribution is 8.00. The predicted octanol–water partition coefficient (Wildman–Crippen LogP) is 2.52. The highest BCUT2D eigenvalue weighted by Gasteiger charge is 2.41. The van der Waals surface area contributed by atoms with Crippen LogP contribution in [0.5, 0.6) is 11.5 Å². The van der Waals surface area contributed by atoms with Crippen LogP contribution in [0.25, 0.3) is 0 Å². The van der Waals surface area contributed by atoms with Crippen molar-refractivity contribution < 1.29 is 33.6 Å². The van der Waals surface area contributed by atoms with E-state index in [-0.39, 0.29) is 0 Å². The molecule has 1 unspecified atom stereocenters. The number of aliphatic hydroxyl groups excluding tert-OH is 1. The molecule has 0 saturated carbocycles. The maximum Gasteiger partial charge on any atom is 0.338 e. The van der Waals surface area contributed by atoms with Crippen molar-refractivity contribution in [3.63, 3.8) is 0 Å². The minimum Gasteiger partial charge on any atom is -0.497 e. The van der Waals surface area contributed by atoms with Crippen LogP contribution in [0.3, 0.4) is 0 Å². The summed E-state index contributed by atoms with van der Waals surface area (Å²) in [6.45, 7) is 0. The van der Waals surface area contributed by atoms with Gasteiger partial charge in [-0.2, -0.15) is 0 Å². The van der Waals surface area contributed by atoms with Crippen molar-refractivity contribution in [3.8, 4) is 11.5 Å². The molecule has 0 aromatic heterocycles. The lowest BCUT2D eigenvalue weighted by atomic mass is 10.2. The molecule has 0 amide bonds. The van der Waals surface area contributed by atoms with Gasteiger partial charge in [-0.15, -0.1) is 11.8 Å². The van der Waals surface area contributed by atoms with Gasteiger partial charge in [-0.25, -0.2) is 9.59 Å². The molecule has 0 bridgehead atoms. The van der Waals surface area contributed by atoms with Gasteiger partial charge >= 0.3 is 11.9 Å². The van der Waals surface area contributed by atoms with Crippen LogP contribution in [-0.2, 0) is 9.47 Å². The smallest absolute Gasteiger partial charge is 0.338 e. The lowest BCUT2D eigenvalue weighted by molar-refractivity contribution is -0.0463. The van der Waals surface area contributed by atoms with Gasteiger partial charge < -0.3 is 24.1 Å². The van der Waals surface area contributed by atoms with Gasteiger partial charge in [-0.05, 0) is 48.5 Å². The summed E-state index contributed by atoms with van der Waals surface area (Å²) < 4.78 is 21.0. The number of hydrogen-bond acceptors (Lipinski definition) is 8. The van der Waals surface area contributed by atoms with Crippen molar-refractivity contribution in [3.05, 3.63) is 59.7 Å². The van der Waals surface area contributed by atoms with Crippen LogP contribution in [0, 0.1) is 0 Å². The third kappa shape index (κ3) is 4.58. The topological polar surface area (TPSA) is 91.3 Å². The quantitative estimate of drug-likeness (QED) is 0.735. The number of aliphatic hydroxyl groups is 1.